The van der Waals surface area contributed by atoms with E-state index in [9.17, 15) is 4.79 Å². The van der Waals surface area contributed by atoms with Crippen molar-refractivity contribution in [2.75, 3.05) is 6.54 Å². The molecule has 0 saturated carbocycles. The van der Waals surface area contributed by atoms with Crippen LogP contribution >= 0.6 is 0 Å². The maximum absolute atomic E-state index is 12.1. The number of ketones is 1. The topological polar surface area (TPSA) is 54.9 Å². The zero-order valence-electron chi connectivity index (χ0n) is 11.7. The summed E-state index contributed by atoms with van der Waals surface area (Å²) in [5.41, 5.74) is 4.55. The SMILES string of the molecule is Cc1ccc(C2C3=NCCC(=O)C3=Nc3occc32)cc1. The Bertz CT molecular complexity index is 781. The molecule has 104 valence electrons. The number of carbonyl (C=O) groups is 1. The Morgan fingerprint density at radius 2 is 2.00 bits per heavy atom. The number of hydrogen-bond acceptors (Lipinski definition) is 4. The van der Waals surface area contributed by atoms with Gasteiger partial charge in [-0.05, 0) is 18.6 Å². The van der Waals surface area contributed by atoms with Gasteiger partial charge in [0.2, 0.25) is 5.88 Å². The third-order valence-corrected chi connectivity index (χ3v) is 4.01. The van der Waals surface area contributed by atoms with Crippen LogP contribution in [0.4, 0.5) is 5.88 Å². The molecule has 0 aliphatic carbocycles. The van der Waals surface area contributed by atoms with Crippen molar-refractivity contribution in [3.05, 3.63) is 53.3 Å². The van der Waals surface area contributed by atoms with Gasteiger partial charge in [-0.3, -0.25) is 9.79 Å². The van der Waals surface area contributed by atoms with Crippen molar-refractivity contribution in [3.63, 3.8) is 0 Å². The fourth-order valence-corrected chi connectivity index (χ4v) is 2.93. The average Bonchev–Trinajstić information content (AvgIpc) is 2.95. The van der Waals surface area contributed by atoms with E-state index in [-0.39, 0.29) is 11.7 Å². The van der Waals surface area contributed by atoms with Crippen LogP contribution in [0.2, 0.25) is 0 Å². The van der Waals surface area contributed by atoms with Gasteiger partial charge >= 0.3 is 0 Å². The van der Waals surface area contributed by atoms with Crippen LogP contribution in [0.15, 0.2) is 51.0 Å². The molecular weight excluding hydrogens is 264 g/mol. The second-order valence-corrected chi connectivity index (χ2v) is 5.43. The first-order valence-corrected chi connectivity index (χ1v) is 7.04. The second kappa shape index (κ2) is 4.52. The van der Waals surface area contributed by atoms with Crippen LogP contribution in [0, 0.1) is 6.92 Å². The van der Waals surface area contributed by atoms with Gasteiger partial charge in [-0.25, -0.2) is 4.99 Å². The van der Waals surface area contributed by atoms with Crippen LogP contribution in [0.3, 0.4) is 0 Å². The van der Waals surface area contributed by atoms with E-state index in [1.807, 2.05) is 6.07 Å². The van der Waals surface area contributed by atoms with Gasteiger partial charge in [0.15, 0.2) is 5.78 Å². The van der Waals surface area contributed by atoms with Gasteiger partial charge in [-0.2, -0.15) is 0 Å². The summed E-state index contributed by atoms with van der Waals surface area (Å²) in [5, 5.41) is 0. The lowest BCUT2D eigenvalue weighted by molar-refractivity contribution is -0.112. The van der Waals surface area contributed by atoms with Crippen molar-refractivity contribution in [1.29, 1.82) is 0 Å². The summed E-state index contributed by atoms with van der Waals surface area (Å²) in [6.45, 7) is 2.60. The van der Waals surface area contributed by atoms with Crippen LogP contribution in [-0.4, -0.2) is 23.8 Å². The van der Waals surface area contributed by atoms with Crippen molar-refractivity contribution < 1.29 is 9.21 Å². The Morgan fingerprint density at radius 3 is 2.81 bits per heavy atom. The Labute approximate surface area is 122 Å². The molecule has 4 heteroatoms. The van der Waals surface area contributed by atoms with Crippen LogP contribution in [0.25, 0.3) is 0 Å². The van der Waals surface area contributed by atoms with Gasteiger partial charge in [0.05, 0.1) is 17.9 Å². The Hall–Kier alpha value is -2.49. The molecule has 2 aliphatic rings. The van der Waals surface area contributed by atoms with Crippen molar-refractivity contribution >= 4 is 23.1 Å². The quantitative estimate of drug-likeness (QED) is 0.804. The van der Waals surface area contributed by atoms with E-state index < -0.39 is 0 Å². The molecule has 4 rings (SSSR count). The summed E-state index contributed by atoms with van der Waals surface area (Å²) in [6, 6.07) is 10.2. The second-order valence-electron chi connectivity index (χ2n) is 5.43. The zero-order chi connectivity index (χ0) is 14.4. The fourth-order valence-electron chi connectivity index (χ4n) is 2.93. The van der Waals surface area contributed by atoms with Gasteiger partial charge in [0.1, 0.15) is 5.71 Å². The Balaban J connectivity index is 1.93. The maximum atomic E-state index is 12.1. The molecule has 1 aromatic carbocycles. The molecule has 1 atom stereocenters. The first-order chi connectivity index (χ1) is 10.2. The molecule has 21 heavy (non-hydrogen) atoms. The summed E-state index contributed by atoms with van der Waals surface area (Å²) in [5.74, 6) is 0.528. The van der Waals surface area contributed by atoms with Crippen LogP contribution in [0.1, 0.15) is 29.0 Å². The number of aryl methyl sites for hydroxylation is 1. The monoisotopic (exact) mass is 278 g/mol. The smallest absolute Gasteiger partial charge is 0.223 e. The van der Waals surface area contributed by atoms with E-state index >= 15 is 0 Å². The van der Waals surface area contributed by atoms with Crippen molar-refractivity contribution in [3.8, 4) is 0 Å². The molecule has 0 spiro atoms. The molecule has 1 unspecified atom stereocenters. The van der Waals surface area contributed by atoms with Crippen molar-refractivity contribution in [2.45, 2.75) is 19.3 Å². The highest BCUT2D eigenvalue weighted by Gasteiger charge is 2.36. The predicted molar refractivity (Wildman–Crippen MR) is 80.8 cm³/mol. The summed E-state index contributed by atoms with van der Waals surface area (Å²) >= 11 is 0. The lowest BCUT2D eigenvalue weighted by Crippen LogP contribution is -2.35. The van der Waals surface area contributed by atoms with E-state index in [0.717, 1.165) is 16.8 Å². The van der Waals surface area contributed by atoms with E-state index in [1.54, 1.807) is 6.26 Å². The maximum Gasteiger partial charge on any atom is 0.223 e. The normalized spacial score (nSPS) is 20.4. The first kappa shape index (κ1) is 12.3. The number of nitrogens with zero attached hydrogens (tertiary/aromatic N) is 2. The van der Waals surface area contributed by atoms with Gasteiger partial charge in [-0.1, -0.05) is 29.8 Å². The van der Waals surface area contributed by atoms with E-state index in [0.29, 0.717) is 24.6 Å². The molecular formula is C17H14N2O2. The number of aliphatic imine (C=N–C) groups is 2. The van der Waals surface area contributed by atoms with Crippen molar-refractivity contribution in [1.82, 2.24) is 0 Å². The lowest BCUT2D eigenvalue weighted by atomic mass is 9.81. The molecule has 1 aromatic heterocycles. The molecule has 0 fully saturated rings. The van der Waals surface area contributed by atoms with Crippen molar-refractivity contribution in [2.24, 2.45) is 9.98 Å². The third kappa shape index (κ3) is 1.87. The highest BCUT2D eigenvalue weighted by molar-refractivity contribution is 6.70. The standard InChI is InChI=1S/C17H14N2O2/c1-10-2-4-11(5-3-10)14-12-7-9-21-17(12)19-15-13(20)6-8-18-16(14)15/h2-5,7,9,14H,6,8H2,1H3. The van der Waals surface area contributed by atoms with Gasteiger partial charge in [-0.15, -0.1) is 0 Å². The number of Topliss-reactive ketones (excluding diaryl/α,β-unsaturated/α-hetero) is 1. The molecule has 0 saturated heterocycles. The molecule has 0 N–H and O–H groups in total. The Kier molecular flexibility index (Phi) is 2.64. The number of hydrogen-bond donors (Lipinski definition) is 0. The highest BCUT2D eigenvalue weighted by Crippen LogP contribution is 2.39. The molecule has 0 bridgehead atoms. The number of fused-ring (bicyclic) bond motifs is 2. The third-order valence-electron chi connectivity index (χ3n) is 4.01. The zero-order valence-corrected chi connectivity index (χ0v) is 11.7. The minimum absolute atomic E-state index is 0.0548. The number of rotatable bonds is 1. The average molecular weight is 278 g/mol. The molecule has 3 heterocycles. The first-order valence-electron chi connectivity index (χ1n) is 7.04. The number of carbonyl (C=O) groups excluding carboxylic acids is 1. The predicted octanol–water partition coefficient (Wildman–Crippen LogP) is 3.22. The van der Waals surface area contributed by atoms with E-state index in [1.165, 1.54) is 5.56 Å². The molecule has 4 nitrogen and oxygen atoms in total. The molecule has 0 amide bonds. The molecule has 0 radical (unpaired) electrons. The van der Waals surface area contributed by atoms with Crippen LogP contribution in [0.5, 0.6) is 0 Å². The minimum Gasteiger partial charge on any atom is -0.446 e. The summed E-state index contributed by atoms with van der Waals surface area (Å²) in [6.07, 6.45) is 2.05. The van der Waals surface area contributed by atoms with Gasteiger partial charge in [0, 0.05) is 18.5 Å². The Morgan fingerprint density at radius 1 is 1.19 bits per heavy atom. The van der Waals surface area contributed by atoms with E-state index in [4.69, 9.17) is 4.42 Å². The summed E-state index contributed by atoms with van der Waals surface area (Å²) < 4.78 is 5.43. The largest absolute Gasteiger partial charge is 0.446 e. The number of benzene rings is 1. The minimum atomic E-state index is -0.0592. The lowest BCUT2D eigenvalue weighted by Gasteiger charge is -2.26. The van der Waals surface area contributed by atoms with Crippen LogP contribution < -0.4 is 0 Å². The van der Waals surface area contributed by atoms with E-state index in [2.05, 4.69) is 41.2 Å². The van der Waals surface area contributed by atoms with Gasteiger partial charge < -0.3 is 4.42 Å². The van der Waals surface area contributed by atoms with Gasteiger partial charge in [0.25, 0.3) is 0 Å². The van der Waals surface area contributed by atoms with Crippen LogP contribution in [-0.2, 0) is 4.79 Å². The summed E-state index contributed by atoms with van der Waals surface area (Å²) in [7, 11) is 0. The molecule has 2 aromatic rings. The fraction of sp³-hybridized carbons (Fsp3) is 0.235. The molecule has 2 aliphatic heterocycles. The number of furan rings is 1. The highest BCUT2D eigenvalue weighted by atomic mass is 16.3. The summed E-state index contributed by atoms with van der Waals surface area (Å²) in [4.78, 5) is 21.1.